The largest absolute Gasteiger partial charge is 0.394 e. The van der Waals surface area contributed by atoms with E-state index in [1.54, 1.807) is 6.08 Å². The molecule has 19 nitrogen and oxygen atoms in total. The van der Waals surface area contributed by atoms with Gasteiger partial charge in [-0.3, -0.25) is 4.79 Å². The smallest absolute Gasteiger partial charge is 0.220 e. The zero-order chi connectivity index (χ0) is 71.1. The highest BCUT2D eigenvalue weighted by Gasteiger charge is 2.54. The summed E-state index contributed by atoms with van der Waals surface area (Å²) in [6.45, 7) is 1.77. The molecule has 0 aromatic heterocycles. The van der Waals surface area contributed by atoms with E-state index in [4.69, 9.17) is 28.4 Å². The molecule has 3 aliphatic rings. The van der Waals surface area contributed by atoms with Gasteiger partial charge in [0.05, 0.1) is 38.6 Å². The molecule has 0 radical (unpaired) electrons. The van der Waals surface area contributed by atoms with Gasteiger partial charge in [-0.2, -0.15) is 0 Å². The van der Waals surface area contributed by atoms with Gasteiger partial charge in [0.2, 0.25) is 5.91 Å². The van der Waals surface area contributed by atoms with Crippen molar-refractivity contribution in [3.05, 3.63) is 36.5 Å². The predicted octanol–water partition coefficient (Wildman–Crippen LogP) is 13.1. The van der Waals surface area contributed by atoms with Crippen molar-refractivity contribution < 1.29 is 89.4 Å². The van der Waals surface area contributed by atoms with Crippen LogP contribution in [0.1, 0.15) is 328 Å². The maximum absolute atomic E-state index is 13.5. The zero-order valence-electron chi connectivity index (χ0n) is 61.5. The Balaban J connectivity index is 1.40. The lowest BCUT2D eigenvalue weighted by molar-refractivity contribution is -0.379. The maximum Gasteiger partial charge on any atom is 0.220 e. The number of unbranched alkanes of at least 4 members (excludes halogenated alkanes) is 44. The number of rotatable bonds is 64. The van der Waals surface area contributed by atoms with Crippen LogP contribution in [0.25, 0.3) is 0 Å². The van der Waals surface area contributed by atoms with Crippen LogP contribution in [-0.2, 0) is 33.2 Å². The molecule has 0 bridgehead atoms. The topological polar surface area (TPSA) is 307 Å². The Hall–Kier alpha value is -1.99. The molecule has 17 atom stereocenters. The summed E-state index contributed by atoms with van der Waals surface area (Å²) in [6, 6.07) is -0.996. The second-order valence-electron chi connectivity index (χ2n) is 28.9. The quantitative estimate of drug-likeness (QED) is 0.0199. The molecule has 3 rings (SSSR count). The lowest BCUT2D eigenvalue weighted by Crippen LogP contribution is -2.66. The van der Waals surface area contributed by atoms with Crippen molar-refractivity contribution in [2.45, 2.75) is 433 Å². The van der Waals surface area contributed by atoms with Crippen LogP contribution >= 0.6 is 0 Å². The summed E-state index contributed by atoms with van der Waals surface area (Å²) in [5.74, 6) is -0.283. The van der Waals surface area contributed by atoms with Crippen molar-refractivity contribution in [2.24, 2.45) is 0 Å². The van der Waals surface area contributed by atoms with Gasteiger partial charge in [-0.15, -0.1) is 0 Å². The van der Waals surface area contributed by atoms with E-state index in [1.807, 2.05) is 6.08 Å². The molecule has 3 heterocycles. The summed E-state index contributed by atoms with van der Waals surface area (Å²) in [6.07, 6.45) is 47.1. The first-order valence-corrected chi connectivity index (χ1v) is 40.2. The van der Waals surface area contributed by atoms with Crippen LogP contribution in [0, 0.1) is 0 Å². The molecule has 3 saturated heterocycles. The number of allylic oxidation sites excluding steroid dienone is 5. The summed E-state index contributed by atoms with van der Waals surface area (Å²) < 4.78 is 34.4. The number of nitrogens with one attached hydrogen (secondary N) is 1. The van der Waals surface area contributed by atoms with E-state index >= 15 is 0 Å². The molecule has 1 amide bonds. The van der Waals surface area contributed by atoms with Gasteiger partial charge in [0.15, 0.2) is 18.9 Å². The molecule has 12 N–H and O–H groups in total. The van der Waals surface area contributed by atoms with Gasteiger partial charge in [0, 0.05) is 6.42 Å². The van der Waals surface area contributed by atoms with E-state index in [0.29, 0.717) is 12.8 Å². The van der Waals surface area contributed by atoms with Crippen molar-refractivity contribution >= 4 is 5.91 Å². The number of carbonyl (C=O) groups excluding carboxylic acids is 1. The first-order chi connectivity index (χ1) is 47.8. The summed E-state index contributed by atoms with van der Waals surface area (Å²) in [4.78, 5) is 13.5. The molecule has 17 unspecified atom stereocenters. The third-order valence-electron chi connectivity index (χ3n) is 20.2. The molecule has 0 aromatic carbocycles. The SMILES string of the molecule is CCCCCCCCCCCCCCCCCCC/C=C/CC/C=C/CC/C=C/C(O)C(COC1OC(CO)C(OC2OC(CO)C(OC3OC(CO)C(O)C(O)C3O)C(O)C2O)C(O)C1O)NC(=O)CCCCCCCCCCCCCCCCCCCCCCCCCCCC. The van der Waals surface area contributed by atoms with E-state index in [2.05, 4.69) is 43.5 Å². The summed E-state index contributed by atoms with van der Waals surface area (Å²) in [5.41, 5.74) is 0. The predicted molar refractivity (Wildman–Crippen MR) is 388 cm³/mol. The van der Waals surface area contributed by atoms with Gasteiger partial charge in [-0.05, 0) is 44.9 Å². The van der Waals surface area contributed by atoms with Crippen molar-refractivity contribution in [1.82, 2.24) is 5.32 Å². The average Bonchev–Trinajstić information content (AvgIpc) is 0.784. The maximum atomic E-state index is 13.5. The second-order valence-corrected chi connectivity index (χ2v) is 28.9. The highest BCUT2D eigenvalue weighted by molar-refractivity contribution is 5.76. The van der Waals surface area contributed by atoms with E-state index in [0.717, 1.165) is 44.9 Å². The molecule has 0 saturated carbocycles. The monoisotopic (exact) mass is 1400 g/mol. The third-order valence-corrected chi connectivity index (χ3v) is 20.2. The molecule has 576 valence electrons. The molecule has 0 spiro atoms. The lowest BCUT2D eigenvalue weighted by atomic mass is 9.96. The van der Waals surface area contributed by atoms with E-state index in [-0.39, 0.29) is 18.9 Å². The van der Waals surface area contributed by atoms with Crippen LogP contribution in [0.3, 0.4) is 0 Å². The Bertz CT molecular complexity index is 1910. The standard InChI is InChI=1S/C79H147NO18/c1-3-5-7-9-11-13-15-17-19-21-23-25-27-29-31-32-34-36-38-40-42-44-46-48-50-52-54-56-63(84)62(80-67(85)57-55-53-51-49-47-45-43-41-39-37-35-33-30-28-26-24-22-20-18-16-14-12-10-8-6-4-2)61-93-77-73(91)70(88)75(65(59-82)95-77)98-79-74(92)71(89)76(66(60-83)96-79)97-78-72(90)69(87)68(86)64(58-81)94-78/h38,40,46,48,54,56,62-66,68-79,81-84,86-92H,3-37,39,41-45,47,49-53,55,57-61H2,1-2H3,(H,80,85)/b40-38+,48-46+,56-54+. The molecule has 19 heteroatoms. The molecular weight excluding hydrogens is 1250 g/mol. The minimum atomic E-state index is -1.98. The van der Waals surface area contributed by atoms with Gasteiger partial charge in [0.1, 0.15) is 73.2 Å². The number of carbonyl (C=O) groups is 1. The van der Waals surface area contributed by atoms with Crippen LogP contribution in [0.5, 0.6) is 0 Å². The lowest BCUT2D eigenvalue weighted by Gasteiger charge is -2.48. The molecule has 98 heavy (non-hydrogen) atoms. The first-order valence-electron chi connectivity index (χ1n) is 40.2. The van der Waals surface area contributed by atoms with Crippen LogP contribution in [0.15, 0.2) is 36.5 Å². The van der Waals surface area contributed by atoms with Crippen molar-refractivity contribution in [3.8, 4) is 0 Å². The zero-order valence-corrected chi connectivity index (χ0v) is 61.5. The van der Waals surface area contributed by atoms with Crippen LogP contribution in [-0.4, -0.2) is 193 Å². The third kappa shape index (κ3) is 40.3. The van der Waals surface area contributed by atoms with Crippen LogP contribution in [0.4, 0.5) is 0 Å². The van der Waals surface area contributed by atoms with Gasteiger partial charge < -0.3 is 89.9 Å². The normalized spacial score (nSPS) is 26.9. The first kappa shape index (κ1) is 90.2. The van der Waals surface area contributed by atoms with E-state index < -0.39 is 124 Å². The van der Waals surface area contributed by atoms with Crippen LogP contribution in [0.2, 0.25) is 0 Å². The van der Waals surface area contributed by atoms with E-state index in [1.165, 1.54) is 250 Å². The Morgan fingerprint density at radius 1 is 0.357 bits per heavy atom. The van der Waals surface area contributed by atoms with Crippen LogP contribution < -0.4 is 5.32 Å². The molecule has 0 aliphatic carbocycles. The second kappa shape index (κ2) is 60.3. The van der Waals surface area contributed by atoms with Gasteiger partial charge in [-0.25, -0.2) is 0 Å². The summed E-state index contributed by atoms with van der Waals surface area (Å²) in [7, 11) is 0. The molecule has 3 aliphatic heterocycles. The highest BCUT2D eigenvalue weighted by Crippen LogP contribution is 2.33. The fraction of sp³-hybridized carbons (Fsp3) is 0.911. The van der Waals surface area contributed by atoms with E-state index in [9.17, 15) is 61.0 Å². The molecule has 3 fully saturated rings. The highest BCUT2D eigenvalue weighted by atomic mass is 16.8. The minimum Gasteiger partial charge on any atom is -0.394 e. The number of ether oxygens (including phenoxy) is 6. The Morgan fingerprint density at radius 2 is 0.653 bits per heavy atom. The number of hydrogen-bond acceptors (Lipinski definition) is 18. The summed E-state index contributed by atoms with van der Waals surface area (Å²) in [5, 5.41) is 121. The fourth-order valence-corrected chi connectivity index (χ4v) is 13.7. The Kier molecular flexibility index (Phi) is 55.5. The number of amides is 1. The number of hydrogen-bond donors (Lipinski definition) is 12. The number of aliphatic hydroxyl groups excluding tert-OH is 11. The molecular formula is C79H147NO18. The van der Waals surface area contributed by atoms with Gasteiger partial charge in [-0.1, -0.05) is 314 Å². The van der Waals surface area contributed by atoms with Gasteiger partial charge in [0.25, 0.3) is 0 Å². The number of aliphatic hydroxyl groups is 11. The molecule has 0 aromatic rings. The fourth-order valence-electron chi connectivity index (χ4n) is 13.7. The summed E-state index contributed by atoms with van der Waals surface area (Å²) >= 11 is 0. The van der Waals surface area contributed by atoms with Crippen molar-refractivity contribution in [1.29, 1.82) is 0 Å². The Labute approximate surface area is 593 Å². The van der Waals surface area contributed by atoms with Crippen molar-refractivity contribution in [3.63, 3.8) is 0 Å². The minimum absolute atomic E-state index is 0.236. The average molecular weight is 1400 g/mol. The van der Waals surface area contributed by atoms with Crippen molar-refractivity contribution in [2.75, 3.05) is 26.4 Å². The Morgan fingerprint density at radius 3 is 1.02 bits per heavy atom. The van der Waals surface area contributed by atoms with Gasteiger partial charge >= 0.3 is 0 Å².